The van der Waals surface area contributed by atoms with Crippen molar-refractivity contribution >= 4 is 17.4 Å². The molecule has 0 aliphatic rings. The summed E-state index contributed by atoms with van der Waals surface area (Å²) in [6.07, 6.45) is 4.57. The van der Waals surface area contributed by atoms with E-state index in [1.807, 2.05) is 0 Å². The van der Waals surface area contributed by atoms with E-state index in [1.165, 1.54) is 33.7 Å². The van der Waals surface area contributed by atoms with Gasteiger partial charge in [-0.15, -0.1) is 6.58 Å². The highest BCUT2D eigenvalue weighted by Crippen LogP contribution is 2.39. The third-order valence-corrected chi connectivity index (χ3v) is 3.23. The molecule has 0 bridgehead atoms. The average Bonchev–Trinajstić information content (AvgIpc) is 2.65. The SMILES string of the molecule is C=CCNc1cnc(C(=O)Nc2cc(OC)c(OC)c(OC)c2)cn1. The van der Waals surface area contributed by atoms with Crippen LogP contribution in [0.4, 0.5) is 11.5 Å². The van der Waals surface area contributed by atoms with Crippen LogP contribution in [0.25, 0.3) is 0 Å². The molecule has 8 heteroatoms. The Kier molecular flexibility index (Phi) is 6.16. The van der Waals surface area contributed by atoms with Gasteiger partial charge in [-0.25, -0.2) is 9.97 Å². The topological polar surface area (TPSA) is 94.6 Å². The Hall–Kier alpha value is -3.29. The molecule has 8 nitrogen and oxygen atoms in total. The number of nitrogens with zero attached hydrogens (tertiary/aromatic N) is 2. The number of hydrogen-bond donors (Lipinski definition) is 2. The first-order chi connectivity index (χ1) is 12.1. The summed E-state index contributed by atoms with van der Waals surface area (Å²) in [5.41, 5.74) is 0.660. The molecule has 1 aromatic heterocycles. The van der Waals surface area contributed by atoms with Crippen LogP contribution in [0.3, 0.4) is 0 Å². The largest absolute Gasteiger partial charge is 0.493 e. The molecule has 1 aromatic carbocycles. The monoisotopic (exact) mass is 344 g/mol. The number of rotatable bonds is 8. The van der Waals surface area contributed by atoms with E-state index in [9.17, 15) is 4.79 Å². The molecule has 0 fully saturated rings. The number of hydrogen-bond acceptors (Lipinski definition) is 7. The number of amides is 1. The van der Waals surface area contributed by atoms with Gasteiger partial charge in [-0.05, 0) is 0 Å². The Morgan fingerprint density at radius 2 is 1.80 bits per heavy atom. The van der Waals surface area contributed by atoms with Crippen LogP contribution in [0, 0.1) is 0 Å². The second kappa shape index (κ2) is 8.53. The molecule has 0 aliphatic carbocycles. The highest BCUT2D eigenvalue weighted by Gasteiger charge is 2.15. The molecule has 0 spiro atoms. The van der Waals surface area contributed by atoms with Crippen LogP contribution in [-0.2, 0) is 0 Å². The van der Waals surface area contributed by atoms with Crippen LogP contribution < -0.4 is 24.8 Å². The second-order valence-electron chi connectivity index (χ2n) is 4.82. The number of nitrogens with one attached hydrogen (secondary N) is 2. The van der Waals surface area contributed by atoms with E-state index in [0.717, 1.165) is 0 Å². The number of anilines is 2. The van der Waals surface area contributed by atoms with Crippen LogP contribution in [0.15, 0.2) is 37.2 Å². The second-order valence-corrected chi connectivity index (χ2v) is 4.82. The highest BCUT2D eigenvalue weighted by atomic mass is 16.5. The van der Waals surface area contributed by atoms with E-state index in [0.29, 0.717) is 35.3 Å². The van der Waals surface area contributed by atoms with Crippen molar-refractivity contribution in [1.82, 2.24) is 9.97 Å². The van der Waals surface area contributed by atoms with E-state index < -0.39 is 5.91 Å². The Bertz CT molecular complexity index is 722. The maximum absolute atomic E-state index is 12.3. The van der Waals surface area contributed by atoms with Gasteiger partial charge >= 0.3 is 0 Å². The molecule has 0 atom stereocenters. The van der Waals surface area contributed by atoms with Crippen LogP contribution in [0.1, 0.15) is 10.5 Å². The maximum atomic E-state index is 12.3. The zero-order valence-corrected chi connectivity index (χ0v) is 14.3. The van der Waals surface area contributed by atoms with Crippen LogP contribution >= 0.6 is 0 Å². The lowest BCUT2D eigenvalue weighted by Crippen LogP contribution is -2.15. The summed E-state index contributed by atoms with van der Waals surface area (Å²) >= 11 is 0. The number of carbonyl (C=O) groups excluding carboxylic acids is 1. The third kappa shape index (κ3) is 4.37. The molecular weight excluding hydrogens is 324 g/mol. The van der Waals surface area contributed by atoms with Crippen LogP contribution in [0.2, 0.25) is 0 Å². The molecule has 1 amide bonds. The smallest absolute Gasteiger partial charge is 0.275 e. The van der Waals surface area contributed by atoms with Crippen LogP contribution in [-0.4, -0.2) is 43.7 Å². The Morgan fingerprint density at radius 1 is 1.12 bits per heavy atom. The normalized spacial score (nSPS) is 9.88. The van der Waals surface area contributed by atoms with Crippen molar-refractivity contribution in [3.05, 3.63) is 42.9 Å². The summed E-state index contributed by atoms with van der Waals surface area (Å²) in [4.78, 5) is 20.5. The molecule has 0 radical (unpaired) electrons. The van der Waals surface area contributed by atoms with Crippen LogP contribution in [0.5, 0.6) is 17.2 Å². The predicted octanol–water partition coefficient (Wildman–Crippen LogP) is 2.35. The summed E-state index contributed by atoms with van der Waals surface area (Å²) in [5, 5.41) is 5.71. The molecule has 2 N–H and O–H groups in total. The molecule has 1 heterocycles. The molecular formula is C17H20N4O4. The quantitative estimate of drug-likeness (QED) is 0.710. The Labute approximate surface area is 145 Å². The Balaban J connectivity index is 2.18. The number of benzene rings is 1. The van der Waals surface area contributed by atoms with Gasteiger partial charge in [0, 0.05) is 24.4 Å². The van der Waals surface area contributed by atoms with E-state index in [2.05, 4.69) is 27.2 Å². The van der Waals surface area contributed by atoms with Crippen molar-refractivity contribution in [1.29, 1.82) is 0 Å². The summed E-state index contributed by atoms with van der Waals surface area (Å²) < 4.78 is 15.8. The van der Waals surface area contributed by atoms with Gasteiger partial charge in [-0.3, -0.25) is 4.79 Å². The minimum atomic E-state index is -0.406. The van der Waals surface area contributed by atoms with Gasteiger partial charge in [-0.2, -0.15) is 0 Å². The fourth-order valence-electron chi connectivity index (χ4n) is 2.06. The predicted molar refractivity (Wildman–Crippen MR) is 94.8 cm³/mol. The van der Waals surface area contributed by atoms with Crippen molar-refractivity contribution < 1.29 is 19.0 Å². The molecule has 0 unspecified atom stereocenters. The number of ether oxygens (including phenoxy) is 3. The van der Waals surface area contributed by atoms with E-state index >= 15 is 0 Å². The molecule has 2 aromatic rings. The lowest BCUT2D eigenvalue weighted by atomic mass is 10.2. The molecule has 0 saturated carbocycles. The third-order valence-electron chi connectivity index (χ3n) is 3.23. The molecule has 132 valence electrons. The lowest BCUT2D eigenvalue weighted by molar-refractivity contribution is 0.102. The zero-order chi connectivity index (χ0) is 18.2. The van der Waals surface area contributed by atoms with Gasteiger partial charge < -0.3 is 24.8 Å². The minimum Gasteiger partial charge on any atom is -0.493 e. The highest BCUT2D eigenvalue weighted by molar-refractivity contribution is 6.03. The molecule has 25 heavy (non-hydrogen) atoms. The molecule has 0 saturated heterocycles. The van der Waals surface area contributed by atoms with E-state index in [1.54, 1.807) is 18.2 Å². The summed E-state index contributed by atoms with van der Waals surface area (Å²) in [5.74, 6) is 1.47. The summed E-state index contributed by atoms with van der Waals surface area (Å²) in [7, 11) is 4.52. The van der Waals surface area contributed by atoms with Gasteiger partial charge in [-0.1, -0.05) is 6.08 Å². The number of carbonyl (C=O) groups is 1. The number of methoxy groups -OCH3 is 3. The first-order valence-corrected chi connectivity index (χ1v) is 7.41. The van der Waals surface area contributed by atoms with Gasteiger partial charge in [0.25, 0.3) is 5.91 Å². The average molecular weight is 344 g/mol. The van der Waals surface area contributed by atoms with Gasteiger partial charge in [0.05, 0.1) is 33.7 Å². The van der Waals surface area contributed by atoms with Crippen molar-refractivity contribution in [3.63, 3.8) is 0 Å². The van der Waals surface area contributed by atoms with Gasteiger partial charge in [0.2, 0.25) is 5.75 Å². The lowest BCUT2D eigenvalue weighted by Gasteiger charge is -2.14. The van der Waals surface area contributed by atoms with E-state index in [-0.39, 0.29) is 5.69 Å². The van der Waals surface area contributed by atoms with Gasteiger partial charge in [0.15, 0.2) is 11.5 Å². The zero-order valence-electron chi connectivity index (χ0n) is 14.3. The minimum absolute atomic E-state index is 0.179. The van der Waals surface area contributed by atoms with Crippen molar-refractivity contribution in [2.24, 2.45) is 0 Å². The summed E-state index contributed by atoms with van der Waals surface area (Å²) in [6, 6.07) is 3.26. The standard InChI is InChI=1S/C17H20N4O4/c1-5-6-18-15-10-19-12(9-20-15)17(22)21-11-7-13(23-2)16(25-4)14(8-11)24-3/h5,7-10H,1,6H2,2-4H3,(H,18,20)(H,21,22). The first-order valence-electron chi connectivity index (χ1n) is 7.41. The molecule has 0 aliphatic heterocycles. The van der Waals surface area contributed by atoms with Crippen molar-refractivity contribution in [3.8, 4) is 17.2 Å². The fourth-order valence-corrected chi connectivity index (χ4v) is 2.06. The van der Waals surface area contributed by atoms with Crippen molar-refractivity contribution in [2.45, 2.75) is 0 Å². The fraction of sp³-hybridized carbons (Fsp3) is 0.235. The Morgan fingerprint density at radius 3 is 2.28 bits per heavy atom. The summed E-state index contributed by atoms with van der Waals surface area (Å²) in [6.45, 7) is 4.17. The first kappa shape index (κ1) is 18.1. The maximum Gasteiger partial charge on any atom is 0.275 e. The molecule has 2 rings (SSSR count). The number of aromatic nitrogens is 2. The van der Waals surface area contributed by atoms with Gasteiger partial charge in [0.1, 0.15) is 11.5 Å². The van der Waals surface area contributed by atoms with E-state index in [4.69, 9.17) is 14.2 Å². The van der Waals surface area contributed by atoms with Crippen molar-refractivity contribution in [2.75, 3.05) is 38.5 Å².